The van der Waals surface area contributed by atoms with Crippen LogP contribution in [0.5, 0.6) is 5.75 Å². The number of rotatable bonds is 11. The van der Waals surface area contributed by atoms with Crippen molar-refractivity contribution < 1.29 is 23.1 Å². The van der Waals surface area contributed by atoms with Gasteiger partial charge in [0.25, 0.3) is 5.56 Å². The number of aromatic nitrogens is 2. The molecule has 0 saturated heterocycles. The van der Waals surface area contributed by atoms with Gasteiger partial charge in [-0.3, -0.25) is 4.79 Å². The number of sulfone groups is 1. The quantitative estimate of drug-likeness (QED) is 0.309. The van der Waals surface area contributed by atoms with Gasteiger partial charge in [0.1, 0.15) is 5.75 Å². The molecule has 3 aromatic carbocycles. The van der Waals surface area contributed by atoms with Gasteiger partial charge in [0.15, 0.2) is 15.9 Å². The Morgan fingerprint density at radius 2 is 1.55 bits per heavy atom. The number of hydrogen-bond donors (Lipinski definition) is 1. The average molecular weight is 533 g/mol. The largest absolute Gasteiger partial charge is 0.479 e. The normalized spacial score (nSPS) is 12.3. The smallest absolute Gasteiger partial charge is 0.344 e. The standard InChI is InChI=1S/C29H28N2O6S/c1-21(29(33)34)37-24-14-8-15-25(20-24)38(35,36)19-9-18-31-27(32)17-16-26(30-31)28(22-10-4-2-5-11-22)23-12-6-3-7-13-23/h2-8,10-17,20-21,28H,9,18-19H2,1H3,(H,33,34)/t21-/m0/s1. The number of ether oxygens (including phenoxy) is 1. The van der Waals surface area contributed by atoms with Gasteiger partial charge in [-0.2, -0.15) is 5.10 Å². The molecule has 0 aliphatic heterocycles. The van der Waals surface area contributed by atoms with Crippen LogP contribution in [0, 0.1) is 0 Å². The second-order valence-corrected chi connectivity index (χ2v) is 10.9. The summed E-state index contributed by atoms with van der Waals surface area (Å²) in [6.45, 7) is 1.48. The molecule has 0 saturated carbocycles. The summed E-state index contributed by atoms with van der Waals surface area (Å²) < 4.78 is 32.5. The van der Waals surface area contributed by atoms with E-state index in [1.807, 2.05) is 60.7 Å². The van der Waals surface area contributed by atoms with Crippen molar-refractivity contribution in [1.29, 1.82) is 0 Å². The third-order valence-corrected chi connectivity index (χ3v) is 7.86. The molecule has 0 amide bonds. The number of carboxylic acids is 1. The van der Waals surface area contributed by atoms with Crippen LogP contribution in [-0.2, 0) is 21.2 Å². The summed E-state index contributed by atoms with van der Waals surface area (Å²) in [7, 11) is -3.70. The van der Waals surface area contributed by atoms with Gasteiger partial charge in [-0.1, -0.05) is 66.7 Å². The van der Waals surface area contributed by atoms with Gasteiger partial charge in [0.05, 0.1) is 22.3 Å². The second kappa shape index (κ2) is 11.9. The van der Waals surface area contributed by atoms with E-state index < -0.39 is 21.9 Å². The SMILES string of the molecule is C[C@H](Oc1cccc(S(=O)(=O)CCCn2nc(C(c3ccccc3)c3ccccc3)ccc2=O)c1)C(=O)O. The summed E-state index contributed by atoms with van der Waals surface area (Å²) in [5.41, 5.74) is 2.42. The van der Waals surface area contributed by atoms with E-state index in [4.69, 9.17) is 9.84 Å². The van der Waals surface area contributed by atoms with Crippen molar-refractivity contribution in [2.45, 2.75) is 36.8 Å². The van der Waals surface area contributed by atoms with Crippen molar-refractivity contribution in [2.24, 2.45) is 0 Å². The maximum atomic E-state index is 12.9. The molecule has 4 aromatic rings. The van der Waals surface area contributed by atoms with Crippen LogP contribution in [0.2, 0.25) is 0 Å². The Hall–Kier alpha value is -4.24. The molecular formula is C29H28N2O6S. The lowest BCUT2D eigenvalue weighted by Crippen LogP contribution is -2.25. The Bertz CT molecular complexity index is 1510. The van der Waals surface area contributed by atoms with E-state index in [1.54, 1.807) is 6.07 Å². The molecule has 196 valence electrons. The minimum absolute atomic E-state index is 0.0230. The Labute approximate surface area is 221 Å². The maximum Gasteiger partial charge on any atom is 0.344 e. The molecule has 0 spiro atoms. The van der Waals surface area contributed by atoms with E-state index in [0.717, 1.165) is 11.1 Å². The molecule has 9 heteroatoms. The molecule has 0 bridgehead atoms. The Kier molecular flexibility index (Phi) is 8.38. The highest BCUT2D eigenvalue weighted by Gasteiger charge is 2.20. The molecule has 0 unspecified atom stereocenters. The van der Waals surface area contributed by atoms with Crippen molar-refractivity contribution in [1.82, 2.24) is 9.78 Å². The van der Waals surface area contributed by atoms with E-state index in [-0.39, 0.29) is 40.8 Å². The summed E-state index contributed by atoms with van der Waals surface area (Å²) in [6, 6.07) is 28.6. The summed E-state index contributed by atoms with van der Waals surface area (Å²) in [5.74, 6) is -1.41. The Balaban J connectivity index is 1.52. The zero-order valence-electron chi connectivity index (χ0n) is 20.8. The third kappa shape index (κ3) is 6.54. The number of hydrogen-bond acceptors (Lipinski definition) is 6. The molecule has 0 radical (unpaired) electrons. The lowest BCUT2D eigenvalue weighted by atomic mass is 9.88. The number of nitrogens with zero attached hydrogens (tertiary/aromatic N) is 2. The van der Waals surface area contributed by atoms with Crippen LogP contribution in [-0.4, -0.2) is 41.1 Å². The van der Waals surface area contributed by atoms with E-state index in [2.05, 4.69) is 5.10 Å². The number of benzene rings is 3. The molecule has 0 fully saturated rings. The average Bonchev–Trinajstić information content (AvgIpc) is 2.92. The molecule has 0 aliphatic carbocycles. The van der Waals surface area contributed by atoms with Crippen molar-refractivity contribution >= 4 is 15.8 Å². The zero-order valence-corrected chi connectivity index (χ0v) is 21.6. The minimum atomic E-state index is -3.70. The van der Waals surface area contributed by atoms with Crippen molar-refractivity contribution in [3.63, 3.8) is 0 Å². The van der Waals surface area contributed by atoms with Gasteiger partial charge in [0, 0.05) is 12.6 Å². The highest BCUT2D eigenvalue weighted by molar-refractivity contribution is 7.91. The maximum absolute atomic E-state index is 12.9. The first-order valence-corrected chi connectivity index (χ1v) is 13.8. The van der Waals surface area contributed by atoms with Crippen molar-refractivity contribution in [2.75, 3.05) is 5.75 Å². The van der Waals surface area contributed by atoms with Gasteiger partial charge in [-0.15, -0.1) is 0 Å². The van der Waals surface area contributed by atoms with Gasteiger partial charge in [-0.25, -0.2) is 17.9 Å². The fourth-order valence-corrected chi connectivity index (χ4v) is 5.45. The lowest BCUT2D eigenvalue weighted by Gasteiger charge is -2.18. The van der Waals surface area contributed by atoms with Gasteiger partial charge >= 0.3 is 5.97 Å². The predicted molar refractivity (Wildman–Crippen MR) is 143 cm³/mol. The highest BCUT2D eigenvalue weighted by Crippen LogP contribution is 2.30. The van der Waals surface area contributed by atoms with Crippen molar-refractivity contribution in [3.05, 3.63) is 124 Å². The predicted octanol–water partition coefficient (Wildman–Crippen LogP) is 4.14. The van der Waals surface area contributed by atoms with Crippen LogP contribution in [0.3, 0.4) is 0 Å². The highest BCUT2D eigenvalue weighted by atomic mass is 32.2. The molecule has 1 N–H and O–H groups in total. The minimum Gasteiger partial charge on any atom is -0.479 e. The topological polar surface area (TPSA) is 116 Å². The molecule has 8 nitrogen and oxygen atoms in total. The first-order valence-electron chi connectivity index (χ1n) is 12.1. The molecular weight excluding hydrogens is 504 g/mol. The first-order chi connectivity index (χ1) is 18.2. The molecule has 1 atom stereocenters. The van der Waals surface area contributed by atoms with E-state index in [0.29, 0.717) is 5.69 Å². The van der Waals surface area contributed by atoms with Crippen LogP contribution in [0.15, 0.2) is 107 Å². The van der Waals surface area contributed by atoms with E-state index in [9.17, 15) is 18.0 Å². The Morgan fingerprint density at radius 3 is 2.16 bits per heavy atom. The van der Waals surface area contributed by atoms with E-state index in [1.165, 1.54) is 41.9 Å². The first kappa shape index (κ1) is 26.8. The summed E-state index contributed by atoms with van der Waals surface area (Å²) in [5, 5.41) is 13.6. The number of carbonyl (C=O) groups is 1. The zero-order chi connectivity index (χ0) is 27.1. The van der Waals surface area contributed by atoms with Crippen LogP contribution in [0.25, 0.3) is 0 Å². The van der Waals surface area contributed by atoms with Crippen LogP contribution < -0.4 is 10.3 Å². The monoisotopic (exact) mass is 532 g/mol. The molecule has 4 rings (SSSR count). The fraction of sp³-hybridized carbons (Fsp3) is 0.207. The summed E-state index contributed by atoms with van der Waals surface area (Å²) in [4.78, 5) is 23.6. The van der Waals surface area contributed by atoms with E-state index >= 15 is 0 Å². The lowest BCUT2D eigenvalue weighted by molar-refractivity contribution is -0.144. The fourth-order valence-electron chi connectivity index (χ4n) is 4.12. The van der Waals surface area contributed by atoms with Crippen LogP contribution >= 0.6 is 0 Å². The molecule has 1 heterocycles. The number of carboxylic acid groups (broad SMARTS) is 1. The summed E-state index contributed by atoms with van der Waals surface area (Å²) in [6.07, 6.45) is -0.954. The van der Waals surface area contributed by atoms with Crippen LogP contribution in [0.4, 0.5) is 0 Å². The van der Waals surface area contributed by atoms with Gasteiger partial charge in [0.2, 0.25) is 0 Å². The second-order valence-electron chi connectivity index (χ2n) is 8.82. The molecule has 38 heavy (non-hydrogen) atoms. The molecule has 1 aromatic heterocycles. The van der Waals surface area contributed by atoms with Gasteiger partial charge in [-0.05, 0) is 48.7 Å². The summed E-state index contributed by atoms with van der Waals surface area (Å²) >= 11 is 0. The van der Waals surface area contributed by atoms with Crippen LogP contribution in [0.1, 0.15) is 36.1 Å². The van der Waals surface area contributed by atoms with Gasteiger partial charge < -0.3 is 9.84 Å². The Morgan fingerprint density at radius 1 is 0.921 bits per heavy atom. The molecule has 0 aliphatic rings. The number of aryl methyl sites for hydroxylation is 1. The van der Waals surface area contributed by atoms with Crippen molar-refractivity contribution in [3.8, 4) is 5.75 Å². The number of aliphatic carboxylic acids is 1. The third-order valence-electron chi connectivity index (χ3n) is 6.06.